The molecule has 0 spiro atoms. The highest BCUT2D eigenvalue weighted by Crippen LogP contribution is 2.26. The van der Waals surface area contributed by atoms with Gasteiger partial charge in [-0.25, -0.2) is 4.98 Å². The molecule has 3 heterocycles. The van der Waals surface area contributed by atoms with Gasteiger partial charge >= 0.3 is 0 Å². The summed E-state index contributed by atoms with van der Waals surface area (Å²) in [5.74, 6) is 3.40. The van der Waals surface area contributed by atoms with Crippen molar-refractivity contribution in [2.24, 2.45) is 11.8 Å². The van der Waals surface area contributed by atoms with Gasteiger partial charge in [-0.2, -0.15) is 4.98 Å². The molecule has 4 rings (SSSR count). The molecule has 150 valence electrons. The lowest BCUT2D eigenvalue weighted by atomic mass is 9.99. The van der Waals surface area contributed by atoms with Gasteiger partial charge < -0.3 is 15.1 Å². The second-order valence-electron chi connectivity index (χ2n) is 8.70. The standard InChI is InChI=1S/C23H33N5/c1-17-8-12-27(13-9-17)21-6-4-20(5-7-21)25-23-24-19(3)16-22(26-23)28-14-10-18(2)11-15-28/h4-7,16-18H,8-15H2,1-3H3,(H,24,25,26). The topological polar surface area (TPSA) is 44.3 Å². The molecule has 2 aliphatic heterocycles. The zero-order valence-corrected chi connectivity index (χ0v) is 17.5. The third-order valence-corrected chi connectivity index (χ3v) is 6.22. The summed E-state index contributed by atoms with van der Waals surface area (Å²) < 4.78 is 0. The normalized spacial score (nSPS) is 19.1. The van der Waals surface area contributed by atoms with E-state index in [0.29, 0.717) is 5.95 Å². The van der Waals surface area contributed by atoms with Crippen molar-refractivity contribution in [1.29, 1.82) is 0 Å². The fourth-order valence-corrected chi connectivity index (χ4v) is 4.16. The van der Waals surface area contributed by atoms with E-state index >= 15 is 0 Å². The average Bonchev–Trinajstić information content (AvgIpc) is 2.69. The maximum Gasteiger partial charge on any atom is 0.229 e. The second-order valence-corrected chi connectivity index (χ2v) is 8.70. The number of rotatable bonds is 4. The predicted octanol–water partition coefficient (Wildman–Crippen LogP) is 5.00. The van der Waals surface area contributed by atoms with Crippen LogP contribution >= 0.6 is 0 Å². The third kappa shape index (κ3) is 4.57. The molecule has 1 aromatic heterocycles. The van der Waals surface area contributed by atoms with E-state index in [0.717, 1.165) is 55.2 Å². The Hall–Kier alpha value is -2.30. The van der Waals surface area contributed by atoms with Crippen molar-refractivity contribution in [1.82, 2.24) is 9.97 Å². The summed E-state index contributed by atoms with van der Waals surface area (Å²) in [6.45, 7) is 11.2. The molecule has 28 heavy (non-hydrogen) atoms. The van der Waals surface area contributed by atoms with Crippen LogP contribution in [0.25, 0.3) is 0 Å². The monoisotopic (exact) mass is 379 g/mol. The van der Waals surface area contributed by atoms with Crippen LogP contribution in [0.2, 0.25) is 0 Å². The van der Waals surface area contributed by atoms with Crippen molar-refractivity contribution in [3.05, 3.63) is 36.0 Å². The SMILES string of the molecule is Cc1cc(N2CCC(C)CC2)nc(Nc2ccc(N3CCC(C)CC3)cc2)n1. The molecule has 0 bridgehead atoms. The van der Waals surface area contributed by atoms with Crippen molar-refractivity contribution < 1.29 is 0 Å². The molecule has 0 unspecified atom stereocenters. The smallest absolute Gasteiger partial charge is 0.229 e. The Morgan fingerprint density at radius 3 is 2.00 bits per heavy atom. The second kappa shape index (κ2) is 8.38. The Morgan fingerprint density at radius 2 is 1.39 bits per heavy atom. The first kappa shape index (κ1) is 19.0. The summed E-state index contributed by atoms with van der Waals surface area (Å²) in [6.07, 6.45) is 5.05. The lowest BCUT2D eigenvalue weighted by Gasteiger charge is -2.32. The number of nitrogens with one attached hydrogen (secondary N) is 1. The van der Waals surface area contributed by atoms with Crippen molar-refractivity contribution in [2.45, 2.75) is 46.5 Å². The van der Waals surface area contributed by atoms with Crippen LogP contribution < -0.4 is 15.1 Å². The van der Waals surface area contributed by atoms with Crippen LogP contribution in [0.15, 0.2) is 30.3 Å². The number of hydrogen-bond acceptors (Lipinski definition) is 5. The van der Waals surface area contributed by atoms with Gasteiger partial charge in [-0.1, -0.05) is 13.8 Å². The fourth-order valence-electron chi connectivity index (χ4n) is 4.16. The highest BCUT2D eigenvalue weighted by molar-refractivity contribution is 5.60. The molecule has 2 fully saturated rings. The lowest BCUT2D eigenvalue weighted by Crippen LogP contribution is -2.33. The van der Waals surface area contributed by atoms with Crippen molar-refractivity contribution in [2.75, 3.05) is 41.3 Å². The zero-order chi connectivity index (χ0) is 19.5. The lowest BCUT2D eigenvalue weighted by molar-refractivity contribution is 0.436. The Bertz CT molecular complexity index is 772. The summed E-state index contributed by atoms with van der Waals surface area (Å²) in [7, 11) is 0. The van der Waals surface area contributed by atoms with Crippen LogP contribution in [0, 0.1) is 18.8 Å². The molecule has 0 amide bonds. The molecule has 0 radical (unpaired) electrons. The van der Waals surface area contributed by atoms with Crippen LogP contribution in [-0.2, 0) is 0 Å². The first-order chi connectivity index (χ1) is 13.6. The van der Waals surface area contributed by atoms with Gasteiger partial charge in [-0.15, -0.1) is 0 Å². The number of anilines is 4. The van der Waals surface area contributed by atoms with Gasteiger partial charge in [0.05, 0.1) is 0 Å². The van der Waals surface area contributed by atoms with E-state index in [1.165, 1.54) is 31.4 Å². The van der Waals surface area contributed by atoms with Crippen LogP contribution in [-0.4, -0.2) is 36.1 Å². The average molecular weight is 380 g/mol. The van der Waals surface area contributed by atoms with Gasteiger partial charge in [0.25, 0.3) is 0 Å². The maximum absolute atomic E-state index is 4.79. The summed E-state index contributed by atoms with van der Waals surface area (Å²) in [5.41, 5.74) is 3.36. The summed E-state index contributed by atoms with van der Waals surface area (Å²) in [4.78, 5) is 14.3. The quantitative estimate of drug-likeness (QED) is 0.810. The largest absolute Gasteiger partial charge is 0.372 e. The Balaban J connectivity index is 1.43. The fraction of sp³-hybridized carbons (Fsp3) is 0.565. The van der Waals surface area contributed by atoms with E-state index in [4.69, 9.17) is 4.98 Å². The molecule has 1 N–H and O–H groups in total. The highest BCUT2D eigenvalue weighted by Gasteiger charge is 2.18. The van der Waals surface area contributed by atoms with Crippen molar-refractivity contribution in [3.63, 3.8) is 0 Å². The van der Waals surface area contributed by atoms with E-state index in [1.54, 1.807) is 0 Å². The summed E-state index contributed by atoms with van der Waals surface area (Å²) in [6, 6.07) is 10.8. The van der Waals surface area contributed by atoms with Crippen LogP contribution in [0.5, 0.6) is 0 Å². The van der Waals surface area contributed by atoms with Gasteiger partial charge in [0, 0.05) is 49.3 Å². The molecule has 5 nitrogen and oxygen atoms in total. The summed E-state index contributed by atoms with van der Waals surface area (Å²) in [5, 5.41) is 3.40. The Kier molecular flexibility index (Phi) is 5.69. The van der Waals surface area contributed by atoms with Crippen LogP contribution in [0.3, 0.4) is 0 Å². The van der Waals surface area contributed by atoms with Gasteiger partial charge in [0.2, 0.25) is 5.95 Å². The van der Waals surface area contributed by atoms with Gasteiger partial charge in [0.15, 0.2) is 0 Å². The van der Waals surface area contributed by atoms with Crippen molar-refractivity contribution >= 4 is 23.1 Å². The minimum atomic E-state index is 0.688. The number of nitrogens with zero attached hydrogens (tertiary/aromatic N) is 4. The molecular formula is C23H33N5. The van der Waals surface area contributed by atoms with Crippen LogP contribution in [0.4, 0.5) is 23.1 Å². The van der Waals surface area contributed by atoms with Gasteiger partial charge in [-0.05, 0) is 68.7 Å². The molecule has 2 aromatic rings. The Morgan fingerprint density at radius 1 is 0.821 bits per heavy atom. The van der Waals surface area contributed by atoms with Crippen LogP contribution in [0.1, 0.15) is 45.2 Å². The number of aromatic nitrogens is 2. The minimum Gasteiger partial charge on any atom is -0.372 e. The van der Waals surface area contributed by atoms with Crippen molar-refractivity contribution in [3.8, 4) is 0 Å². The zero-order valence-electron chi connectivity index (χ0n) is 17.5. The highest BCUT2D eigenvalue weighted by atomic mass is 15.2. The molecule has 1 aromatic carbocycles. The number of piperidine rings is 2. The molecule has 0 saturated carbocycles. The number of benzene rings is 1. The minimum absolute atomic E-state index is 0.688. The van der Waals surface area contributed by atoms with Gasteiger partial charge in [0.1, 0.15) is 5.82 Å². The molecule has 0 aliphatic carbocycles. The third-order valence-electron chi connectivity index (χ3n) is 6.22. The molecule has 2 saturated heterocycles. The first-order valence-corrected chi connectivity index (χ1v) is 10.8. The molecular weight excluding hydrogens is 346 g/mol. The van der Waals surface area contributed by atoms with E-state index in [-0.39, 0.29) is 0 Å². The maximum atomic E-state index is 4.79. The number of hydrogen-bond donors (Lipinski definition) is 1. The number of aryl methyl sites for hydroxylation is 1. The molecule has 2 aliphatic rings. The summed E-state index contributed by atoms with van der Waals surface area (Å²) >= 11 is 0. The van der Waals surface area contributed by atoms with Gasteiger partial charge in [-0.3, -0.25) is 0 Å². The molecule has 0 atom stereocenters. The molecule has 5 heteroatoms. The predicted molar refractivity (Wildman–Crippen MR) is 118 cm³/mol. The first-order valence-electron chi connectivity index (χ1n) is 10.8. The van der Waals surface area contributed by atoms with E-state index in [2.05, 4.69) is 64.3 Å². The van der Waals surface area contributed by atoms with E-state index < -0.39 is 0 Å². The van der Waals surface area contributed by atoms with E-state index in [9.17, 15) is 0 Å². The Labute approximate surface area is 169 Å². The van der Waals surface area contributed by atoms with E-state index in [1.807, 2.05) is 6.92 Å².